The zero-order chi connectivity index (χ0) is 14.3. The minimum Gasteiger partial charge on any atom is -0.492 e. The van der Waals surface area contributed by atoms with Crippen LogP contribution in [0.3, 0.4) is 0 Å². The molecule has 108 valence electrons. The Balaban J connectivity index is 2.59. The van der Waals surface area contributed by atoms with Crippen molar-refractivity contribution in [1.82, 2.24) is 0 Å². The smallest absolute Gasteiger partial charge is 0.265 e. The van der Waals surface area contributed by atoms with E-state index in [9.17, 15) is 12.8 Å². The Bertz CT molecular complexity index is 503. The van der Waals surface area contributed by atoms with Crippen LogP contribution in [0.1, 0.15) is 39.0 Å². The minimum atomic E-state index is -4.00. The highest BCUT2D eigenvalue weighted by Crippen LogP contribution is 2.27. The van der Waals surface area contributed by atoms with Crippen LogP contribution in [-0.2, 0) is 9.05 Å². The van der Waals surface area contributed by atoms with Crippen molar-refractivity contribution in [3.63, 3.8) is 0 Å². The summed E-state index contributed by atoms with van der Waals surface area (Å²) in [5, 5.41) is 0. The summed E-state index contributed by atoms with van der Waals surface area (Å²) in [6.45, 7) is 2.53. The van der Waals surface area contributed by atoms with Gasteiger partial charge in [0.2, 0.25) is 0 Å². The Morgan fingerprint density at radius 2 is 1.89 bits per heavy atom. The van der Waals surface area contributed by atoms with E-state index in [2.05, 4.69) is 6.92 Å². The molecular weight excluding hydrogens is 291 g/mol. The van der Waals surface area contributed by atoms with E-state index >= 15 is 0 Å². The van der Waals surface area contributed by atoms with Gasteiger partial charge < -0.3 is 4.74 Å². The van der Waals surface area contributed by atoms with Crippen molar-refractivity contribution in [3.05, 3.63) is 24.0 Å². The van der Waals surface area contributed by atoms with Crippen molar-refractivity contribution >= 4 is 19.7 Å². The van der Waals surface area contributed by atoms with E-state index in [1.165, 1.54) is 12.5 Å². The van der Waals surface area contributed by atoms with Gasteiger partial charge in [-0.1, -0.05) is 32.6 Å². The van der Waals surface area contributed by atoms with Crippen molar-refractivity contribution in [1.29, 1.82) is 0 Å². The third-order valence-electron chi connectivity index (χ3n) is 2.67. The number of hydrogen-bond donors (Lipinski definition) is 0. The maximum atomic E-state index is 13.0. The highest BCUT2D eigenvalue weighted by atomic mass is 35.7. The van der Waals surface area contributed by atoms with Gasteiger partial charge in [0.15, 0.2) is 0 Å². The van der Waals surface area contributed by atoms with Crippen molar-refractivity contribution < 1.29 is 17.5 Å². The molecule has 1 aromatic rings. The third-order valence-corrected chi connectivity index (χ3v) is 4.02. The van der Waals surface area contributed by atoms with Crippen LogP contribution in [0.25, 0.3) is 0 Å². The van der Waals surface area contributed by atoms with E-state index < -0.39 is 14.9 Å². The van der Waals surface area contributed by atoms with E-state index in [4.69, 9.17) is 15.4 Å². The standard InChI is InChI=1S/C13H18ClFO3S/c1-2-3-4-5-6-9-18-12-8-7-11(15)10-13(12)19(14,16)17/h7-8,10H,2-6,9H2,1H3. The van der Waals surface area contributed by atoms with Gasteiger partial charge in [-0.25, -0.2) is 12.8 Å². The molecule has 0 saturated carbocycles. The number of benzene rings is 1. The van der Waals surface area contributed by atoms with Gasteiger partial charge in [-0.3, -0.25) is 0 Å². The van der Waals surface area contributed by atoms with E-state index in [1.54, 1.807) is 0 Å². The van der Waals surface area contributed by atoms with Crippen molar-refractivity contribution in [2.45, 2.75) is 43.9 Å². The normalized spacial score (nSPS) is 11.5. The molecule has 1 aromatic carbocycles. The number of rotatable bonds is 8. The molecule has 0 bridgehead atoms. The van der Waals surface area contributed by atoms with E-state index in [0.717, 1.165) is 37.8 Å². The topological polar surface area (TPSA) is 43.4 Å². The number of unbranched alkanes of at least 4 members (excludes halogenated alkanes) is 4. The van der Waals surface area contributed by atoms with Gasteiger partial charge in [0.1, 0.15) is 16.5 Å². The van der Waals surface area contributed by atoms with Gasteiger partial charge in [-0.05, 0) is 24.6 Å². The van der Waals surface area contributed by atoms with Gasteiger partial charge >= 0.3 is 0 Å². The quantitative estimate of drug-likeness (QED) is 0.536. The lowest BCUT2D eigenvalue weighted by molar-refractivity contribution is 0.296. The fraction of sp³-hybridized carbons (Fsp3) is 0.538. The van der Waals surface area contributed by atoms with Crippen molar-refractivity contribution in [3.8, 4) is 5.75 Å². The first-order valence-corrected chi connectivity index (χ1v) is 8.63. The number of halogens is 2. The van der Waals surface area contributed by atoms with Gasteiger partial charge in [0.25, 0.3) is 9.05 Å². The molecule has 3 nitrogen and oxygen atoms in total. The molecule has 0 N–H and O–H groups in total. The molecule has 0 aromatic heterocycles. The largest absolute Gasteiger partial charge is 0.492 e. The predicted octanol–water partition coefficient (Wildman–Crippen LogP) is 4.10. The summed E-state index contributed by atoms with van der Waals surface area (Å²) in [5.41, 5.74) is 0. The highest BCUT2D eigenvalue weighted by molar-refractivity contribution is 8.13. The molecule has 0 saturated heterocycles. The molecule has 0 aliphatic rings. The Labute approximate surface area is 118 Å². The van der Waals surface area contributed by atoms with Crippen molar-refractivity contribution in [2.75, 3.05) is 6.61 Å². The van der Waals surface area contributed by atoms with E-state index in [0.29, 0.717) is 6.61 Å². The van der Waals surface area contributed by atoms with Crippen LogP contribution >= 0.6 is 10.7 Å². The molecule has 0 atom stereocenters. The Morgan fingerprint density at radius 1 is 1.21 bits per heavy atom. The second-order valence-corrected chi connectivity index (χ2v) is 6.83. The zero-order valence-electron chi connectivity index (χ0n) is 10.9. The summed E-state index contributed by atoms with van der Waals surface area (Å²) in [5.74, 6) is -0.554. The first-order chi connectivity index (χ1) is 8.95. The summed E-state index contributed by atoms with van der Waals surface area (Å²) >= 11 is 0. The average Bonchev–Trinajstić information content (AvgIpc) is 2.34. The maximum absolute atomic E-state index is 13.0. The molecular formula is C13H18ClFO3S. The zero-order valence-corrected chi connectivity index (χ0v) is 12.4. The first-order valence-electron chi connectivity index (χ1n) is 6.32. The molecule has 0 heterocycles. The molecule has 0 fully saturated rings. The lowest BCUT2D eigenvalue weighted by Gasteiger charge is -2.09. The molecule has 0 unspecified atom stereocenters. The summed E-state index contributed by atoms with van der Waals surface area (Å²) < 4.78 is 41.0. The fourth-order valence-electron chi connectivity index (χ4n) is 1.68. The summed E-state index contributed by atoms with van der Waals surface area (Å²) in [6, 6.07) is 3.31. The second kappa shape index (κ2) is 7.70. The molecule has 0 aliphatic heterocycles. The van der Waals surface area contributed by atoms with E-state index in [1.807, 2.05) is 0 Å². The van der Waals surface area contributed by atoms with Crippen molar-refractivity contribution in [2.24, 2.45) is 0 Å². The van der Waals surface area contributed by atoms with Gasteiger partial charge in [-0.15, -0.1) is 0 Å². The number of hydrogen-bond acceptors (Lipinski definition) is 3. The lowest BCUT2D eigenvalue weighted by atomic mass is 10.2. The molecule has 0 amide bonds. The summed E-state index contributed by atoms with van der Waals surface area (Å²) in [7, 11) is 1.24. The second-order valence-electron chi connectivity index (χ2n) is 4.29. The molecule has 19 heavy (non-hydrogen) atoms. The SMILES string of the molecule is CCCCCCCOc1ccc(F)cc1S(=O)(=O)Cl. The van der Waals surface area contributed by atoms with Crippen LogP contribution in [0.4, 0.5) is 4.39 Å². The minimum absolute atomic E-state index is 0.104. The molecule has 0 aliphatic carbocycles. The Hall–Kier alpha value is -0.810. The van der Waals surface area contributed by atoms with E-state index in [-0.39, 0.29) is 10.6 Å². The molecule has 6 heteroatoms. The summed E-state index contributed by atoms with van der Waals surface area (Å²) in [4.78, 5) is -0.317. The monoisotopic (exact) mass is 308 g/mol. The summed E-state index contributed by atoms with van der Waals surface area (Å²) in [6.07, 6.45) is 5.33. The number of ether oxygens (including phenoxy) is 1. The highest BCUT2D eigenvalue weighted by Gasteiger charge is 2.17. The van der Waals surface area contributed by atoms with Gasteiger partial charge in [0, 0.05) is 10.7 Å². The van der Waals surface area contributed by atoms with Crippen LogP contribution in [-0.4, -0.2) is 15.0 Å². The lowest BCUT2D eigenvalue weighted by Crippen LogP contribution is -2.02. The van der Waals surface area contributed by atoms with Crippen LogP contribution < -0.4 is 4.74 Å². The molecule has 0 radical (unpaired) electrons. The molecule has 0 spiro atoms. The van der Waals surface area contributed by atoms with Crippen LogP contribution in [0.2, 0.25) is 0 Å². The van der Waals surface area contributed by atoms with Crippen LogP contribution in [0, 0.1) is 5.82 Å². The van der Waals surface area contributed by atoms with Crippen LogP contribution in [0.15, 0.2) is 23.1 Å². The first kappa shape index (κ1) is 16.2. The molecule has 1 rings (SSSR count). The average molecular weight is 309 g/mol. The van der Waals surface area contributed by atoms with Gasteiger partial charge in [0.05, 0.1) is 6.61 Å². The Kier molecular flexibility index (Phi) is 6.58. The predicted molar refractivity (Wildman–Crippen MR) is 73.7 cm³/mol. The van der Waals surface area contributed by atoms with Gasteiger partial charge in [-0.2, -0.15) is 0 Å². The Morgan fingerprint density at radius 3 is 2.53 bits per heavy atom. The van der Waals surface area contributed by atoms with Crippen LogP contribution in [0.5, 0.6) is 5.75 Å². The fourth-order valence-corrected chi connectivity index (χ4v) is 2.66. The maximum Gasteiger partial charge on any atom is 0.265 e. The third kappa shape index (κ3) is 5.78.